The van der Waals surface area contributed by atoms with Crippen molar-refractivity contribution in [1.82, 2.24) is 15.1 Å². The number of carbonyl (C=O) groups is 3. The minimum absolute atomic E-state index is 0.0888. The Morgan fingerprint density at radius 3 is 2.30 bits per heavy atom. The SMILES string of the molecule is CN(C)CCCNC(=O)c1ccc(C(=O)Cc2ccc(-c3ccccc3)cc2)cc1NC(=O)CN1CCOCC1. The lowest BCUT2D eigenvalue weighted by Gasteiger charge is -2.26. The predicted molar refractivity (Wildman–Crippen MR) is 158 cm³/mol. The lowest BCUT2D eigenvalue weighted by molar-refractivity contribution is -0.118. The fourth-order valence-electron chi connectivity index (χ4n) is 4.60. The predicted octanol–water partition coefficient (Wildman–Crippen LogP) is 3.73. The van der Waals surface area contributed by atoms with Crippen molar-refractivity contribution < 1.29 is 19.1 Å². The molecule has 0 radical (unpaired) electrons. The van der Waals surface area contributed by atoms with Crippen LogP contribution < -0.4 is 10.6 Å². The number of anilines is 1. The Bertz CT molecular complexity index is 1290. The van der Waals surface area contributed by atoms with Gasteiger partial charge in [0.1, 0.15) is 0 Å². The fourth-order valence-corrected chi connectivity index (χ4v) is 4.60. The summed E-state index contributed by atoms with van der Waals surface area (Å²) in [6.07, 6.45) is 1.02. The molecule has 0 bridgehead atoms. The van der Waals surface area contributed by atoms with Crippen LogP contribution in [0.25, 0.3) is 11.1 Å². The van der Waals surface area contributed by atoms with E-state index < -0.39 is 0 Å². The summed E-state index contributed by atoms with van der Waals surface area (Å²) in [5.74, 6) is -0.602. The van der Waals surface area contributed by atoms with Crippen molar-refractivity contribution in [2.75, 3.05) is 65.3 Å². The van der Waals surface area contributed by atoms with Gasteiger partial charge in [-0.2, -0.15) is 0 Å². The van der Waals surface area contributed by atoms with Crippen molar-refractivity contribution in [3.8, 4) is 11.1 Å². The van der Waals surface area contributed by atoms with Crippen LogP contribution in [0.2, 0.25) is 0 Å². The Balaban J connectivity index is 1.47. The van der Waals surface area contributed by atoms with E-state index in [0.29, 0.717) is 49.7 Å². The van der Waals surface area contributed by atoms with Gasteiger partial charge in [0, 0.05) is 31.6 Å². The number of ketones is 1. The minimum Gasteiger partial charge on any atom is -0.379 e. The highest BCUT2D eigenvalue weighted by Gasteiger charge is 2.19. The van der Waals surface area contributed by atoms with E-state index in [1.54, 1.807) is 18.2 Å². The van der Waals surface area contributed by atoms with Gasteiger partial charge in [0.05, 0.1) is 31.0 Å². The molecule has 210 valence electrons. The van der Waals surface area contributed by atoms with Gasteiger partial charge in [-0.25, -0.2) is 0 Å². The summed E-state index contributed by atoms with van der Waals surface area (Å²) in [5, 5.41) is 5.82. The zero-order chi connectivity index (χ0) is 28.3. The molecule has 0 unspecified atom stereocenters. The normalized spacial score (nSPS) is 13.7. The number of nitrogens with zero attached hydrogens (tertiary/aromatic N) is 2. The second kappa shape index (κ2) is 14.5. The van der Waals surface area contributed by atoms with Crippen LogP contribution in [0, 0.1) is 0 Å². The maximum Gasteiger partial charge on any atom is 0.253 e. The Morgan fingerprint density at radius 2 is 1.60 bits per heavy atom. The third kappa shape index (κ3) is 8.58. The number of hydrogen-bond acceptors (Lipinski definition) is 6. The summed E-state index contributed by atoms with van der Waals surface area (Å²) in [6, 6.07) is 22.9. The first-order valence-electron chi connectivity index (χ1n) is 13.7. The lowest BCUT2D eigenvalue weighted by atomic mass is 9.98. The molecule has 1 fully saturated rings. The Labute approximate surface area is 236 Å². The van der Waals surface area contributed by atoms with Gasteiger partial charge in [0.2, 0.25) is 5.91 Å². The maximum absolute atomic E-state index is 13.2. The van der Waals surface area contributed by atoms with Gasteiger partial charge >= 0.3 is 0 Å². The molecular formula is C32H38N4O4. The molecule has 4 rings (SSSR count). The van der Waals surface area contributed by atoms with Crippen molar-refractivity contribution in [2.45, 2.75) is 12.8 Å². The minimum atomic E-state index is -0.282. The highest BCUT2D eigenvalue weighted by atomic mass is 16.5. The van der Waals surface area contributed by atoms with Gasteiger partial charge < -0.3 is 20.3 Å². The van der Waals surface area contributed by atoms with Crippen molar-refractivity contribution in [3.05, 3.63) is 89.5 Å². The first-order valence-corrected chi connectivity index (χ1v) is 13.7. The summed E-state index contributed by atoms with van der Waals surface area (Å²) < 4.78 is 5.36. The highest BCUT2D eigenvalue weighted by Crippen LogP contribution is 2.22. The zero-order valence-electron chi connectivity index (χ0n) is 23.3. The monoisotopic (exact) mass is 542 g/mol. The van der Waals surface area contributed by atoms with Crippen LogP contribution in [-0.2, 0) is 16.0 Å². The van der Waals surface area contributed by atoms with Crippen LogP contribution in [0.5, 0.6) is 0 Å². The van der Waals surface area contributed by atoms with Gasteiger partial charge in [-0.1, -0.05) is 60.7 Å². The van der Waals surface area contributed by atoms with E-state index in [-0.39, 0.29) is 30.6 Å². The van der Waals surface area contributed by atoms with Crippen LogP contribution in [0.3, 0.4) is 0 Å². The molecule has 0 aliphatic carbocycles. The summed E-state index contributed by atoms with van der Waals surface area (Å²) in [5.41, 5.74) is 4.22. The summed E-state index contributed by atoms with van der Waals surface area (Å²) in [7, 11) is 3.97. The molecule has 3 aromatic carbocycles. The molecule has 1 aliphatic heterocycles. The van der Waals surface area contributed by atoms with E-state index in [1.165, 1.54) is 0 Å². The number of amides is 2. The van der Waals surface area contributed by atoms with Gasteiger partial charge in [-0.05, 0) is 55.9 Å². The molecule has 2 N–H and O–H groups in total. The Morgan fingerprint density at radius 1 is 0.900 bits per heavy atom. The van der Waals surface area contributed by atoms with Crippen molar-refractivity contribution in [3.63, 3.8) is 0 Å². The Hall–Kier alpha value is -3.85. The molecule has 1 heterocycles. The van der Waals surface area contributed by atoms with E-state index in [4.69, 9.17) is 4.74 Å². The average Bonchev–Trinajstić information content (AvgIpc) is 2.96. The Kier molecular flexibility index (Phi) is 10.6. The molecule has 3 aromatic rings. The number of carbonyl (C=O) groups excluding carboxylic acids is 3. The van der Waals surface area contributed by atoms with Gasteiger partial charge in [0.15, 0.2) is 5.78 Å². The van der Waals surface area contributed by atoms with E-state index in [2.05, 4.69) is 27.7 Å². The molecule has 0 saturated carbocycles. The van der Waals surface area contributed by atoms with Crippen LogP contribution in [0.4, 0.5) is 5.69 Å². The van der Waals surface area contributed by atoms with Crippen molar-refractivity contribution in [1.29, 1.82) is 0 Å². The topological polar surface area (TPSA) is 91.0 Å². The molecule has 0 spiro atoms. The van der Waals surface area contributed by atoms with Crippen LogP contribution in [0.15, 0.2) is 72.8 Å². The molecule has 8 nitrogen and oxygen atoms in total. The molecule has 1 aliphatic rings. The van der Waals surface area contributed by atoms with E-state index in [9.17, 15) is 14.4 Å². The summed E-state index contributed by atoms with van der Waals surface area (Å²) in [6.45, 7) is 4.08. The van der Waals surface area contributed by atoms with Crippen molar-refractivity contribution >= 4 is 23.3 Å². The molecule has 1 saturated heterocycles. The number of Topliss-reactive ketones (excluding diaryl/α,β-unsaturated/α-hetero) is 1. The molecule has 40 heavy (non-hydrogen) atoms. The summed E-state index contributed by atoms with van der Waals surface area (Å²) in [4.78, 5) is 43.2. The first-order chi connectivity index (χ1) is 19.4. The van der Waals surface area contributed by atoms with Gasteiger partial charge in [-0.3, -0.25) is 19.3 Å². The number of rotatable bonds is 12. The highest BCUT2D eigenvalue weighted by molar-refractivity contribution is 6.07. The van der Waals surface area contributed by atoms with Gasteiger partial charge in [0.25, 0.3) is 5.91 Å². The van der Waals surface area contributed by atoms with Crippen LogP contribution >= 0.6 is 0 Å². The molecule has 8 heteroatoms. The van der Waals surface area contributed by atoms with E-state index in [0.717, 1.165) is 29.7 Å². The summed E-state index contributed by atoms with van der Waals surface area (Å²) >= 11 is 0. The number of nitrogens with one attached hydrogen (secondary N) is 2. The molecule has 0 aromatic heterocycles. The third-order valence-electron chi connectivity index (χ3n) is 6.82. The average molecular weight is 543 g/mol. The molecule has 2 amide bonds. The number of ether oxygens (including phenoxy) is 1. The fraction of sp³-hybridized carbons (Fsp3) is 0.344. The quantitative estimate of drug-likeness (QED) is 0.268. The smallest absolute Gasteiger partial charge is 0.253 e. The number of benzene rings is 3. The third-order valence-corrected chi connectivity index (χ3v) is 6.82. The number of morpholine rings is 1. The van der Waals surface area contributed by atoms with Crippen LogP contribution in [-0.4, -0.2) is 87.4 Å². The van der Waals surface area contributed by atoms with E-state index in [1.807, 2.05) is 61.5 Å². The van der Waals surface area contributed by atoms with Crippen molar-refractivity contribution in [2.24, 2.45) is 0 Å². The maximum atomic E-state index is 13.2. The standard InChI is InChI=1S/C32H38N4O4/c1-35(2)16-6-15-33-32(39)28-14-13-27(22-29(28)34-31(38)23-36-17-19-40-20-18-36)30(37)21-24-9-11-26(12-10-24)25-7-4-3-5-8-25/h3-5,7-14,22H,6,15-21,23H2,1-2H3,(H,33,39)(H,34,38). The van der Waals surface area contributed by atoms with Gasteiger partial charge in [-0.15, -0.1) is 0 Å². The second-order valence-electron chi connectivity index (χ2n) is 10.3. The first kappa shape index (κ1) is 29.1. The van der Waals surface area contributed by atoms with E-state index >= 15 is 0 Å². The molecule has 0 atom stereocenters. The lowest BCUT2D eigenvalue weighted by Crippen LogP contribution is -2.41. The number of hydrogen-bond donors (Lipinski definition) is 2. The zero-order valence-corrected chi connectivity index (χ0v) is 23.3. The largest absolute Gasteiger partial charge is 0.379 e. The second-order valence-corrected chi connectivity index (χ2v) is 10.3. The molecular weight excluding hydrogens is 504 g/mol. The van der Waals surface area contributed by atoms with Crippen LogP contribution in [0.1, 0.15) is 32.7 Å².